The zero-order chi connectivity index (χ0) is 16.8. The molecule has 0 radical (unpaired) electrons. The average Bonchev–Trinajstić information content (AvgIpc) is 2.55. The third-order valence-corrected chi connectivity index (χ3v) is 2.95. The van der Waals surface area contributed by atoms with E-state index in [0.29, 0.717) is 16.0 Å². The Kier molecular flexibility index (Phi) is 4.89. The Morgan fingerprint density at radius 2 is 2.00 bits per heavy atom. The van der Waals surface area contributed by atoms with Crippen molar-refractivity contribution in [3.05, 3.63) is 65.1 Å². The maximum absolute atomic E-state index is 12.0. The van der Waals surface area contributed by atoms with Gasteiger partial charge in [0.2, 0.25) is 0 Å². The molecular weight excluding hydrogens is 298 g/mol. The van der Waals surface area contributed by atoms with Crippen molar-refractivity contribution >= 4 is 17.6 Å². The summed E-state index contributed by atoms with van der Waals surface area (Å²) >= 11 is 0. The Morgan fingerprint density at radius 3 is 2.65 bits per heavy atom. The predicted molar refractivity (Wildman–Crippen MR) is 80.1 cm³/mol. The molecule has 0 aliphatic heterocycles. The molecule has 0 bridgehead atoms. The van der Waals surface area contributed by atoms with Crippen LogP contribution < -0.4 is 10.0 Å². The molecule has 7 heteroatoms. The minimum atomic E-state index is -1.03. The minimum absolute atomic E-state index is 0.170. The fourth-order valence-corrected chi connectivity index (χ4v) is 1.74. The van der Waals surface area contributed by atoms with Gasteiger partial charge in [-0.2, -0.15) is 9.99 Å². The van der Waals surface area contributed by atoms with Gasteiger partial charge >= 0.3 is 5.97 Å². The molecule has 0 fully saturated rings. The van der Waals surface area contributed by atoms with Crippen LogP contribution in [0.25, 0.3) is 0 Å². The van der Waals surface area contributed by atoms with Crippen molar-refractivity contribution < 1.29 is 19.1 Å². The van der Waals surface area contributed by atoms with Crippen LogP contribution in [0.2, 0.25) is 0 Å². The number of aromatic nitrogens is 1. The van der Waals surface area contributed by atoms with Gasteiger partial charge in [-0.15, -0.1) is 0 Å². The second kappa shape index (κ2) is 7.04. The van der Waals surface area contributed by atoms with E-state index in [0.717, 1.165) is 12.4 Å². The highest BCUT2D eigenvalue weighted by atomic mass is 16.5. The molecular formula is C16H13N3O4. The molecule has 2 rings (SSSR count). The Labute approximate surface area is 132 Å². The van der Waals surface area contributed by atoms with Crippen molar-refractivity contribution in [2.45, 2.75) is 13.0 Å². The van der Waals surface area contributed by atoms with E-state index in [-0.39, 0.29) is 5.56 Å². The van der Waals surface area contributed by atoms with E-state index in [1.165, 1.54) is 25.1 Å². The highest BCUT2D eigenvalue weighted by Crippen LogP contribution is 2.11. The largest absolute Gasteiger partial charge is 0.619 e. The second-order valence-corrected chi connectivity index (χ2v) is 4.68. The molecule has 0 aliphatic carbocycles. The first-order valence-corrected chi connectivity index (χ1v) is 6.70. The van der Waals surface area contributed by atoms with Gasteiger partial charge in [0, 0.05) is 17.8 Å². The van der Waals surface area contributed by atoms with Gasteiger partial charge in [0.1, 0.15) is 0 Å². The van der Waals surface area contributed by atoms with Gasteiger partial charge in [-0.3, -0.25) is 4.79 Å². The molecule has 1 atom stereocenters. The summed E-state index contributed by atoms with van der Waals surface area (Å²) in [7, 11) is 0. The van der Waals surface area contributed by atoms with E-state index in [4.69, 9.17) is 10.00 Å². The number of carbonyl (C=O) groups is 2. The van der Waals surface area contributed by atoms with Crippen LogP contribution in [0.1, 0.15) is 22.8 Å². The van der Waals surface area contributed by atoms with Crippen molar-refractivity contribution in [3.63, 3.8) is 0 Å². The van der Waals surface area contributed by atoms with E-state index >= 15 is 0 Å². The minimum Gasteiger partial charge on any atom is -0.619 e. The lowest BCUT2D eigenvalue weighted by Crippen LogP contribution is -2.30. The number of benzene rings is 1. The molecule has 0 aliphatic rings. The molecule has 116 valence electrons. The maximum Gasteiger partial charge on any atom is 0.339 e. The summed E-state index contributed by atoms with van der Waals surface area (Å²) < 4.78 is 5.58. The Hall–Kier alpha value is -3.40. The lowest BCUT2D eigenvalue weighted by Gasteiger charge is -2.13. The summed E-state index contributed by atoms with van der Waals surface area (Å²) in [6.07, 6.45) is 1.29. The number of hydrogen-bond acceptors (Lipinski definition) is 5. The zero-order valence-electron chi connectivity index (χ0n) is 12.2. The highest BCUT2D eigenvalue weighted by molar-refractivity contribution is 5.97. The van der Waals surface area contributed by atoms with Crippen molar-refractivity contribution in [2.75, 3.05) is 5.32 Å². The molecule has 0 spiro atoms. The molecule has 1 aromatic carbocycles. The van der Waals surface area contributed by atoms with Gasteiger partial charge in [0.15, 0.2) is 18.5 Å². The van der Waals surface area contributed by atoms with Gasteiger partial charge in [-0.1, -0.05) is 6.07 Å². The Bertz CT molecular complexity index is 766. The summed E-state index contributed by atoms with van der Waals surface area (Å²) in [4.78, 5) is 23.9. The van der Waals surface area contributed by atoms with Gasteiger partial charge in [0.05, 0.1) is 17.2 Å². The van der Waals surface area contributed by atoms with Crippen molar-refractivity contribution in [1.82, 2.24) is 0 Å². The number of amides is 1. The fraction of sp³-hybridized carbons (Fsp3) is 0.125. The number of esters is 1. The number of nitriles is 1. The number of pyridine rings is 1. The van der Waals surface area contributed by atoms with Crippen LogP contribution >= 0.6 is 0 Å². The lowest BCUT2D eigenvalue weighted by molar-refractivity contribution is -0.605. The fourth-order valence-electron chi connectivity index (χ4n) is 1.74. The number of nitrogens with zero attached hydrogens (tertiary/aromatic N) is 2. The molecule has 0 saturated heterocycles. The van der Waals surface area contributed by atoms with Crippen molar-refractivity contribution in [3.8, 4) is 6.07 Å². The summed E-state index contributed by atoms with van der Waals surface area (Å²) in [5.74, 6) is -1.23. The number of ether oxygens (including phenoxy) is 1. The first kappa shape index (κ1) is 16.0. The topological polar surface area (TPSA) is 106 Å². The SMILES string of the molecule is C[C@@H](OC(=O)c1cc[n+]([O-])cc1)C(=O)Nc1cccc(C#N)c1. The molecule has 7 nitrogen and oxygen atoms in total. The first-order valence-electron chi connectivity index (χ1n) is 6.70. The number of anilines is 1. The standard InChI is InChI=1S/C16H13N3O4/c1-11(23-16(21)13-5-7-19(22)8-6-13)15(20)18-14-4-2-3-12(9-14)10-17/h2-9,11H,1H3,(H,18,20)/t11-/m1/s1. The van der Waals surface area contributed by atoms with Crippen LogP contribution in [-0.2, 0) is 9.53 Å². The number of hydrogen-bond donors (Lipinski definition) is 1. The van der Waals surface area contributed by atoms with Crippen LogP contribution in [0, 0.1) is 16.5 Å². The molecule has 1 N–H and O–H groups in total. The quantitative estimate of drug-likeness (QED) is 0.521. The van der Waals surface area contributed by atoms with E-state index in [1.807, 2.05) is 6.07 Å². The van der Waals surface area contributed by atoms with E-state index in [2.05, 4.69) is 5.32 Å². The van der Waals surface area contributed by atoms with Crippen LogP contribution in [0.5, 0.6) is 0 Å². The average molecular weight is 311 g/mol. The molecule has 1 heterocycles. The van der Waals surface area contributed by atoms with Gasteiger partial charge < -0.3 is 15.3 Å². The van der Waals surface area contributed by atoms with Crippen LogP contribution in [0.3, 0.4) is 0 Å². The molecule has 0 unspecified atom stereocenters. The molecule has 23 heavy (non-hydrogen) atoms. The third-order valence-electron chi connectivity index (χ3n) is 2.95. The Balaban J connectivity index is 1.98. The van der Waals surface area contributed by atoms with E-state index in [9.17, 15) is 14.8 Å². The molecule has 1 amide bonds. The summed E-state index contributed by atoms with van der Waals surface area (Å²) in [5.41, 5.74) is 1.01. The van der Waals surface area contributed by atoms with Gasteiger partial charge in [0.25, 0.3) is 5.91 Å². The monoisotopic (exact) mass is 311 g/mol. The smallest absolute Gasteiger partial charge is 0.339 e. The lowest BCUT2D eigenvalue weighted by atomic mass is 10.2. The summed E-state index contributed by atoms with van der Waals surface area (Å²) in [5, 5.41) is 22.3. The Morgan fingerprint density at radius 1 is 1.30 bits per heavy atom. The molecule has 2 aromatic rings. The van der Waals surface area contributed by atoms with Crippen LogP contribution in [0.4, 0.5) is 5.69 Å². The van der Waals surface area contributed by atoms with Crippen molar-refractivity contribution in [1.29, 1.82) is 5.26 Å². The normalized spacial score (nSPS) is 11.1. The maximum atomic E-state index is 12.0. The van der Waals surface area contributed by atoms with E-state index < -0.39 is 18.0 Å². The first-order chi connectivity index (χ1) is 11.0. The third kappa shape index (κ3) is 4.28. The zero-order valence-corrected chi connectivity index (χ0v) is 12.2. The number of carbonyl (C=O) groups excluding carboxylic acids is 2. The number of rotatable bonds is 4. The second-order valence-electron chi connectivity index (χ2n) is 4.68. The molecule has 0 saturated carbocycles. The summed E-state index contributed by atoms with van der Waals surface area (Å²) in [6.45, 7) is 1.43. The van der Waals surface area contributed by atoms with Crippen LogP contribution in [0.15, 0.2) is 48.8 Å². The van der Waals surface area contributed by atoms with E-state index in [1.54, 1.807) is 18.2 Å². The van der Waals surface area contributed by atoms with Gasteiger partial charge in [-0.25, -0.2) is 4.79 Å². The molecule has 1 aromatic heterocycles. The van der Waals surface area contributed by atoms with Gasteiger partial charge in [-0.05, 0) is 25.1 Å². The highest BCUT2D eigenvalue weighted by Gasteiger charge is 2.19. The van der Waals surface area contributed by atoms with Crippen LogP contribution in [-0.4, -0.2) is 18.0 Å². The summed E-state index contributed by atoms with van der Waals surface area (Å²) in [6, 6.07) is 10.9. The van der Waals surface area contributed by atoms with Crippen molar-refractivity contribution in [2.24, 2.45) is 0 Å². The predicted octanol–water partition coefficient (Wildman–Crippen LogP) is 1.38. The number of nitrogens with one attached hydrogen (secondary N) is 1.